The Morgan fingerprint density at radius 2 is 2.04 bits per heavy atom. The Morgan fingerprint density at radius 1 is 1.29 bits per heavy atom. The number of likely N-dealkylation sites (tertiary alicyclic amines) is 1. The van der Waals surface area contributed by atoms with Crippen molar-refractivity contribution in [3.8, 4) is 0 Å². The average molecular weight is 327 g/mol. The normalized spacial score (nSPS) is 20.0. The van der Waals surface area contributed by atoms with Gasteiger partial charge in [0, 0.05) is 6.04 Å². The van der Waals surface area contributed by atoms with Crippen molar-refractivity contribution in [2.75, 3.05) is 6.54 Å². The van der Waals surface area contributed by atoms with Gasteiger partial charge in [0.25, 0.3) is 0 Å². The van der Waals surface area contributed by atoms with Crippen LogP contribution in [0.4, 0.5) is 0 Å². The number of benzene rings is 1. The van der Waals surface area contributed by atoms with Gasteiger partial charge in [0.15, 0.2) is 0 Å². The quantitative estimate of drug-likeness (QED) is 0.911. The standard InChI is InChI=1S/C18H25N5O/c1-13-20-14(2)23(21-13)12-16-10-6-7-11-22(16)17(18(19)24)15-8-4-3-5-9-15/h3-5,8-9,16-17H,6-7,10-12H2,1-2H3,(H2,19,24)/t16-,17-/m0/s1. The minimum atomic E-state index is -0.388. The number of amides is 1. The maximum atomic E-state index is 12.2. The SMILES string of the molecule is Cc1nc(C)n(C[C@@H]2CCCCN2[C@H](C(N)=O)c2ccccc2)n1. The Bertz CT molecular complexity index is 697. The van der Waals surface area contributed by atoms with Crippen molar-refractivity contribution in [1.29, 1.82) is 0 Å². The predicted molar refractivity (Wildman–Crippen MR) is 92.2 cm³/mol. The first kappa shape index (κ1) is 16.6. The fraction of sp³-hybridized carbons (Fsp3) is 0.500. The molecule has 2 aromatic rings. The fourth-order valence-corrected chi connectivity index (χ4v) is 3.65. The van der Waals surface area contributed by atoms with E-state index in [4.69, 9.17) is 5.73 Å². The molecule has 2 N–H and O–H groups in total. The topological polar surface area (TPSA) is 77.0 Å². The van der Waals surface area contributed by atoms with Gasteiger partial charge in [-0.2, -0.15) is 5.10 Å². The molecule has 1 aliphatic heterocycles. The number of aryl methyl sites for hydroxylation is 2. The second kappa shape index (κ2) is 7.13. The lowest BCUT2D eigenvalue weighted by molar-refractivity contribution is -0.125. The van der Waals surface area contributed by atoms with E-state index in [1.165, 1.54) is 0 Å². The lowest BCUT2D eigenvalue weighted by atomic mass is 9.95. The Balaban J connectivity index is 1.87. The zero-order chi connectivity index (χ0) is 17.1. The Morgan fingerprint density at radius 3 is 2.67 bits per heavy atom. The largest absolute Gasteiger partial charge is 0.368 e. The van der Waals surface area contributed by atoms with Gasteiger partial charge in [-0.15, -0.1) is 0 Å². The minimum absolute atomic E-state index is 0.233. The van der Waals surface area contributed by atoms with Crippen molar-refractivity contribution in [2.45, 2.75) is 51.7 Å². The molecular formula is C18H25N5O. The van der Waals surface area contributed by atoms with Crippen LogP contribution >= 0.6 is 0 Å². The molecule has 6 nitrogen and oxygen atoms in total. The molecule has 0 unspecified atom stereocenters. The van der Waals surface area contributed by atoms with Crippen molar-refractivity contribution in [3.05, 3.63) is 47.5 Å². The summed E-state index contributed by atoms with van der Waals surface area (Å²) in [7, 11) is 0. The van der Waals surface area contributed by atoms with Gasteiger partial charge in [0.1, 0.15) is 17.7 Å². The molecule has 1 fully saturated rings. The van der Waals surface area contributed by atoms with Crippen molar-refractivity contribution in [1.82, 2.24) is 19.7 Å². The van der Waals surface area contributed by atoms with Crippen LogP contribution in [0.3, 0.4) is 0 Å². The van der Waals surface area contributed by atoms with E-state index in [0.29, 0.717) is 0 Å². The Labute approximate surface area is 142 Å². The first-order valence-electron chi connectivity index (χ1n) is 8.54. The number of carbonyl (C=O) groups excluding carboxylic acids is 1. The first-order chi connectivity index (χ1) is 11.6. The van der Waals surface area contributed by atoms with Gasteiger partial charge in [-0.25, -0.2) is 9.67 Å². The van der Waals surface area contributed by atoms with Crippen molar-refractivity contribution < 1.29 is 4.79 Å². The van der Waals surface area contributed by atoms with Crippen molar-refractivity contribution in [2.24, 2.45) is 5.73 Å². The van der Waals surface area contributed by atoms with E-state index in [2.05, 4.69) is 15.0 Å². The summed E-state index contributed by atoms with van der Waals surface area (Å²) in [6.45, 7) is 5.48. The van der Waals surface area contributed by atoms with Crippen LogP contribution in [0.25, 0.3) is 0 Å². The summed E-state index contributed by atoms with van der Waals surface area (Å²) in [4.78, 5) is 18.8. The molecule has 0 aliphatic carbocycles. The predicted octanol–water partition coefficient (Wildman–Crippen LogP) is 1.98. The van der Waals surface area contributed by atoms with Crippen LogP contribution in [0, 0.1) is 13.8 Å². The van der Waals surface area contributed by atoms with Crippen LogP contribution < -0.4 is 5.73 Å². The summed E-state index contributed by atoms with van der Waals surface area (Å²) >= 11 is 0. The first-order valence-corrected chi connectivity index (χ1v) is 8.54. The molecular weight excluding hydrogens is 302 g/mol. The number of primary amides is 1. The molecule has 128 valence electrons. The second-order valence-corrected chi connectivity index (χ2v) is 6.49. The van der Waals surface area contributed by atoms with E-state index in [-0.39, 0.29) is 18.0 Å². The van der Waals surface area contributed by atoms with Crippen LogP contribution in [0.2, 0.25) is 0 Å². The van der Waals surface area contributed by atoms with Gasteiger partial charge in [0.2, 0.25) is 5.91 Å². The highest BCUT2D eigenvalue weighted by Crippen LogP contribution is 2.29. The number of nitrogens with zero attached hydrogens (tertiary/aromatic N) is 4. The van der Waals surface area contributed by atoms with Gasteiger partial charge < -0.3 is 5.73 Å². The molecule has 0 saturated carbocycles. The summed E-state index contributed by atoms with van der Waals surface area (Å²) in [5, 5.41) is 4.48. The van der Waals surface area contributed by atoms with E-state index in [1.54, 1.807) is 0 Å². The maximum absolute atomic E-state index is 12.2. The van der Waals surface area contributed by atoms with E-state index in [1.807, 2.05) is 48.9 Å². The van der Waals surface area contributed by atoms with Gasteiger partial charge in [-0.05, 0) is 38.8 Å². The van der Waals surface area contributed by atoms with Crippen LogP contribution in [0.5, 0.6) is 0 Å². The monoisotopic (exact) mass is 327 g/mol. The molecule has 2 atom stereocenters. The molecule has 24 heavy (non-hydrogen) atoms. The molecule has 1 aromatic heterocycles. The number of carbonyl (C=O) groups is 1. The third-order valence-electron chi connectivity index (χ3n) is 4.74. The third-order valence-corrected chi connectivity index (χ3v) is 4.74. The molecule has 0 radical (unpaired) electrons. The number of hydrogen-bond donors (Lipinski definition) is 1. The van der Waals surface area contributed by atoms with Crippen LogP contribution in [0.15, 0.2) is 30.3 Å². The number of aromatic nitrogens is 3. The van der Waals surface area contributed by atoms with E-state index in [9.17, 15) is 4.79 Å². The van der Waals surface area contributed by atoms with E-state index >= 15 is 0 Å². The minimum Gasteiger partial charge on any atom is -0.368 e. The Hall–Kier alpha value is -2.21. The summed E-state index contributed by atoms with van der Waals surface area (Å²) in [5.41, 5.74) is 6.74. The van der Waals surface area contributed by atoms with Gasteiger partial charge in [-0.3, -0.25) is 9.69 Å². The van der Waals surface area contributed by atoms with Crippen LogP contribution in [-0.4, -0.2) is 38.2 Å². The zero-order valence-corrected chi connectivity index (χ0v) is 14.4. The van der Waals surface area contributed by atoms with Crippen molar-refractivity contribution in [3.63, 3.8) is 0 Å². The molecule has 3 rings (SSSR count). The lowest BCUT2D eigenvalue weighted by Crippen LogP contribution is -2.48. The van der Waals surface area contributed by atoms with E-state index in [0.717, 1.165) is 49.6 Å². The molecule has 1 amide bonds. The van der Waals surface area contributed by atoms with Gasteiger partial charge in [0.05, 0.1) is 6.54 Å². The molecule has 1 aliphatic rings. The van der Waals surface area contributed by atoms with Crippen molar-refractivity contribution >= 4 is 5.91 Å². The highest BCUT2D eigenvalue weighted by Gasteiger charge is 2.33. The molecule has 1 aromatic carbocycles. The average Bonchev–Trinajstić information content (AvgIpc) is 2.87. The smallest absolute Gasteiger partial charge is 0.239 e. The van der Waals surface area contributed by atoms with Gasteiger partial charge >= 0.3 is 0 Å². The number of hydrogen-bond acceptors (Lipinski definition) is 4. The Kier molecular flexibility index (Phi) is 4.94. The molecule has 1 saturated heterocycles. The fourth-order valence-electron chi connectivity index (χ4n) is 3.65. The van der Waals surface area contributed by atoms with E-state index < -0.39 is 0 Å². The number of rotatable bonds is 5. The highest BCUT2D eigenvalue weighted by molar-refractivity contribution is 5.81. The number of piperidine rings is 1. The molecule has 2 heterocycles. The summed E-state index contributed by atoms with van der Waals surface area (Å²) in [6, 6.07) is 9.66. The number of nitrogens with two attached hydrogens (primary N) is 1. The third kappa shape index (κ3) is 3.48. The zero-order valence-electron chi connectivity index (χ0n) is 14.4. The van der Waals surface area contributed by atoms with Crippen LogP contribution in [-0.2, 0) is 11.3 Å². The maximum Gasteiger partial charge on any atom is 0.239 e. The second-order valence-electron chi connectivity index (χ2n) is 6.49. The van der Waals surface area contributed by atoms with Crippen LogP contribution in [0.1, 0.15) is 42.5 Å². The van der Waals surface area contributed by atoms with Gasteiger partial charge in [-0.1, -0.05) is 36.8 Å². The molecule has 0 spiro atoms. The molecule has 0 bridgehead atoms. The lowest BCUT2D eigenvalue weighted by Gasteiger charge is -2.40. The molecule has 6 heteroatoms. The summed E-state index contributed by atoms with van der Waals surface area (Å²) in [6.07, 6.45) is 3.28. The summed E-state index contributed by atoms with van der Waals surface area (Å²) < 4.78 is 1.95. The summed E-state index contributed by atoms with van der Waals surface area (Å²) in [5.74, 6) is 1.40. The highest BCUT2D eigenvalue weighted by atomic mass is 16.1.